The molecule has 0 aliphatic heterocycles. The predicted molar refractivity (Wildman–Crippen MR) is 54.3 cm³/mol. The molecule has 1 unspecified atom stereocenters. The summed E-state index contributed by atoms with van der Waals surface area (Å²) in [5.41, 5.74) is 5.47. The van der Waals surface area contributed by atoms with E-state index < -0.39 is 0 Å². The van der Waals surface area contributed by atoms with E-state index in [0.29, 0.717) is 11.1 Å². The van der Waals surface area contributed by atoms with Crippen LogP contribution in [0.2, 0.25) is 0 Å². The third-order valence-electron chi connectivity index (χ3n) is 1.67. The van der Waals surface area contributed by atoms with Gasteiger partial charge in [-0.25, -0.2) is 4.98 Å². The van der Waals surface area contributed by atoms with Crippen LogP contribution in [0, 0.1) is 0 Å². The molecule has 1 atom stereocenters. The molecular formula is C9H14N2S. The van der Waals surface area contributed by atoms with Crippen LogP contribution in [0.3, 0.4) is 0 Å². The molecule has 0 radical (unpaired) electrons. The summed E-state index contributed by atoms with van der Waals surface area (Å²) >= 11 is 1.83. The Kier molecular flexibility index (Phi) is 3.41. The van der Waals surface area contributed by atoms with E-state index >= 15 is 0 Å². The fourth-order valence-corrected chi connectivity index (χ4v) is 1.67. The van der Waals surface area contributed by atoms with E-state index in [9.17, 15) is 0 Å². The third-order valence-corrected chi connectivity index (χ3v) is 2.92. The Labute approximate surface area is 77.6 Å². The molecule has 66 valence electrons. The Balaban J connectivity index is 2.58. The van der Waals surface area contributed by atoms with E-state index in [2.05, 4.69) is 18.8 Å². The van der Waals surface area contributed by atoms with Crippen molar-refractivity contribution in [3.63, 3.8) is 0 Å². The zero-order chi connectivity index (χ0) is 8.97. The number of hydrogen-bond acceptors (Lipinski definition) is 3. The van der Waals surface area contributed by atoms with E-state index in [-0.39, 0.29) is 0 Å². The van der Waals surface area contributed by atoms with Gasteiger partial charge in [-0.2, -0.15) is 0 Å². The number of nitrogens with two attached hydrogens (primary N) is 1. The zero-order valence-electron chi connectivity index (χ0n) is 7.45. The second-order valence-electron chi connectivity index (χ2n) is 2.76. The lowest BCUT2D eigenvalue weighted by atomic mass is 10.4. The Morgan fingerprint density at radius 2 is 2.33 bits per heavy atom. The Morgan fingerprint density at radius 3 is 2.83 bits per heavy atom. The van der Waals surface area contributed by atoms with Crippen LogP contribution in [0.1, 0.15) is 20.3 Å². The molecule has 3 heteroatoms. The van der Waals surface area contributed by atoms with E-state index in [1.807, 2.05) is 30.1 Å². The maximum absolute atomic E-state index is 5.47. The lowest BCUT2D eigenvalue weighted by molar-refractivity contribution is 0.905. The number of nitrogen functional groups attached to an aromatic ring is 1. The first-order chi connectivity index (χ1) is 5.72. The van der Waals surface area contributed by atoms with Gasteiger partial charge in [0.1, 0.15) is 5.82 Å². The lowest BCUT2D eigenvalue weighted by Gasteiger charge is -2.06. The second-order valence-corrected chi connectivity index (χ2v) is 4.27. The molecule has 0 aliphatic carbocycles. The van der Waals surface area contributed by atoms with E-state index in [4.69, 9.17) is 5.73 Å². The van der Waals surface area contributed by atoms with Crippen molar-refractivity contribution in [1.29, 1.82) is 0 Å². The van der Waals surface area contributed by atoms with Crippen LogP contribution in [0.5, 0.6) is 0 Å². The topological polar surface area (TPSA) is 38.9 Å². The predicted octanol–water partition coefficient (Wildman–Crippen LogP) is 2.55. The van der Waals surface area contributed by atoms with E-state index in [1.54, 1.807) is 0 Å². The number of nitrogens with zero attached hydrogens (tertiary/aromatic N) is 1. The SMILES string of the molecule is CCC(C)Sc1ccc(N)nc1. The van der Waals surface area contributed by atoms with Crippen molar-refractivity contribution < 1.29 is 0 Å². The van der Waals surface area contributed by atoms with Gasteiger partial charge in [-0.05, 0) is 18.6 Å². The fourth-order valence-electron chi connectivity index (χ4n) is 0.777. The van der Waals surface area contributed by atoms with Crippen molar-refractivity contribution in [3.8, 4) is 0 Å². The summed E-state index contributed by atoms with van der Waals surface area (Å²) in [6, 6.07) is 3.85. The molecule has 2 nitrogen and oxygen atoms in total. The van der Waals surface area contributed by atoms with Gasteiger partial charge in [0.2, 0.25) is 0 Å². The van der Waals surface area contributed by atoms with Crippen molar-refractivity contribution >= 4 is 17.6 Å². The van der Waals surface area contributed by atoms with Gasteiger partial charge >= 0.3 is 0 Å². The second kappa shape index (κ2) is 4.36. The fraction of sp³-hybridized carbons (Fsp3) is 0.444. The summed E-state index contributed by atoms with van der Waals surface area (Å²) < 4.78 is 0. The maximum atomic E-state index is 5.47. The molecule has 0 aliphatic rings. The number of anilines is 1. The summed E-state index contributed by atoms with van der Waals surface area (Å²) in [7, 11) is 0. The average molecular weight is 182 g/mol. The standard InChI is InChI=1S/C9H14N2S/c1-3-7(2)12-8-4-5-9(10)11-6-8/h4-7H,3H2,1-2H3,(H2,10,11). The first-order valence-corrected chi connectivity index (χ1v) is 4.98. The average Bonchev–Trinajstić information content (AvgIpc) is 2.09. The maximum Gasteiger partial charge on any atom is 0.123 e. The molecule has 0 bridgehead atoms. The Bertz CT molecular complexity index is 233. The molecule has 0 saturated heterocycles. The minimum atomic E-state index is 0.587. The Morgan fingerprint density at radius 1 is 1.58 bits per heavy atom. The van der Waals surface area contributed by atoms with Crippen molar-refractivity contribution in [2.24, 2.45) is 0 Å². The van der Waals surface area contributed by atoms with Crippen LogP contribution in [0.4, 0.5) is 5.82 Å². The highest BCUT2D eigenvalue weighted by Gasteiger charge is 2.00. The Hall–Kier alpha value is -0.700. The van der Waals surface area contributed by atoms with Gasteiger partial charge < -0.3 is 5.73 Å². The van der Waals surface area contributed by atoms with E-state index in [1.165, 1.54) is 11.3 Å². The molecule has 0 aromatic carbocycles. The molecule has 0 spiro atoms. The molecular weight excluding hydrogens is 168 g/mol. The van der Waals surface area contributed by atoms with E-state index in [0.717, 1.165) is 0 Å². The van der Waals surface area contributed by atoms with Gasteiger partial charge in [0, 0.05) is 16.3 Å². The highest BCUT2D eigenvalue weighted by molar-refractivity contribution is 7.99. The van der Waals surface area contributed by atoms with Crippen LogP contribution in [-0.2, 0) is 0 Å². The smallest absolute Gasteiger partial charge is 0.123 e. The normalized spacial score (nSPS) is 12.8. The summed E-state index contributed by atoms with van der Waals surface area (Å²) in [5.74, 6) is 0.587. The number of aromatic nitrogens is 1. The molecule has 0 saturated carbocycles. The molecule has 1 aromatic rings. The molecule has 1 heterocycles. The van der Waals surface area contributed by atoms with Crippen LogP contribution >= 0.6 is 11.8 Å². The van der Waals surface area contributed by atoms with Gasteiger partial charge in [0.25, 0.3) is 0 Å². The quantitative estimate of drug-likeness (QED) is 0.730. The van der Waals surface area contributed by atoms with Crippen molar-refractivity contribution in [2.45, 2.75) is 30.4 Å². The van der Waals surface area contributed by atoms with Crippen molar-refractivity contribution in [2.75, 3.05) is 5.73 Å². The van der Waals surface area contributed by atoms with Gasteiger partial charge in [0.15, 0.2) is 0 Å². The summed E-state index contributed by atoms with van der Waals surface area (Å²) in [6.45, 7) is 4.39. The first kappa shape index (κ1) is 9.39. The summed E-state index contributed by atoms with van der Waals surface area (Å²) in [4.78, 5) is 5.22. The molecule has 1 aromatic heterocycles. The van der Waals surface area contributed by atoms with Crippen molar-refractivity contribution in [3.05, 3.63) is 18.3 Å². The first-order valence-electron chi connectivity index (χ1n) is 4.10. The van der Waals surface area contributed by atoms with Crippen molar-refractivity contribution in [1.82, 2.24) is 4.98 Å². The molecule has 2 N–H and O–H groups in total. The largest absolute Gasteiger partial charge is 0.384 e. The highest BCUT2D eigenvalue weighted by atomic mass is 32.2. The van der Waals surface area contributed by atoms with Crippen LogP contribution in [0.15, 0.2) is 23.2 Å². The van der Waals surface area contributed by atoms with Gasteiger partial charge in [-0.3, -0.25) is 0 Å². The van der Waals surface area contributed by atoms with Gasteiger partial charge in [-0.1, -0.05) is 13.8 Å². The minimum absolute atomic E-state index is 0.587. The molecule has 0 amide bonds. The summed E-state index contributed by atoms with van der Waals surface area (Å²) in [5, 5.41) is 0.649. The number of rotatable bonds is 3. The van der Waals surface area contributed by atoms with Gasteiger partial charge in [0.05, 0.1) is 0 Å². The van der Waals surface area contributed by atoms with Gasteiger partial charge in [-0.15, -0.1) is 11.8 Å². The minimum Gasteiger partial charge on any atom is -0.384 e. The number of pyridine rings is 1. The molecule has 0 fully saturated rings. The van der Waals surface area contributed by atoms with Crippen LogP contribution < -0.4 is 5.73 Å². The van der Waals surface area contributed by atoms with Crippen LogP contribution in [0.25, 0.3) is 0 Å². The highest BCUT2D eigenvalue weighted by Crippen LogP contribution is 2.24. The number of thioether (sulfide) groups is 1. The summed E-state index contributed by atoms with van der Waals surface area (Å²) in [6.07, 6.45) is 3.00. The lowest BCUT2D eigenvalue weighted by Crippen LogP contribution is -1.93. The van der Waals surface area contributed by atoms with Crippen LogP contribution in [-0.4, -0.2) is 10.2 Å². The third kappa shape index (κ3) is 2.74. The molecule has 1 rings (SSSR count). The molecule has 12 heavy (non-hydrogen) atoms. The zero-order valence-corrected chi connectivity index (χ0v) is 8.27. The monoisotopic (exact) mass is 182 g/mol. The number of hydrogen-bond donors (Lipinski definition) is 1.